The maximum Gasteiger partial charge on any atom is 0.335 e. The van der Waals surface area contributed by atoms with Crippen molar-refractivity contribution in [1.82, 2.24) is 5.32 Å². The van der Waals surface area contributed by atoms with Crippen LogP contribution in [-0.2, 0) is 11.3 Å². The van der Waals surface area contributed by atoms with Gasteiger partial charge in [0.15, 0.2) is 0 Å². The standard InChI is InChI=1S/C12H12N2O3/c1-2-13-11(15)10-9-5-7(12(16)17)3-4-8(9)6-14-10/h3-5H,2,6H2,1H3,(H,13,15)(H,16,17). The van der Waals surface area contributed by atoms with E-state index in [1.165, 1.54) is 12.1 Å². The summed E-state index contributed by atoms with van der Waals surface area (Å²) in [4.78, 5) is 26.7. The fraction of sp³-hybridized carbons (Fsp3) is 0.250. The highest BCUT2D eigenvalue weighted by Crippen LogP contribution is 2.20. The van der Waals surface area contributed by atoms with E-state index < -0.39 is 5.97 Å². The summed E-state index contributed by atoms with van der Waals surface area (Å²) in [5.41, 5.74) is 2.00. The minimum absolute atomic E-state index is 0.169. The van der Waals surface area contributed by atoms with Gasteiger partial charge in [-0.1, -0.05) is 6.07 Å². The van der Waals surface area contributed by atoms with Crippen LogP contribution in [0.25, 0.3) is 0 Å². The van der Waals surface area contributed by atoms with E-state index in [0.29, 0.717) is 24.4 Å². The van der Waals surface area contributed by atoms with Gasteiger partial charge in [0, 0.05) is 12.1 Å². The first kappa shape index (κ1) is 11.3. The zero-order valence-corrected chi connectivity index (χ0v) is 9.36. The van der Waals surface area contributed by atoms with Gasteiger partial charge in [0.2, 0.25) is 0 Å². The molecule has 1 aromatic carbocycles. The fourth-order valence-electron chi connectivity index (χ4n) is 1.76. The molecule has 0 aromatic heterocycles. The van der Waals surface area contributed by atoms with Crippen LogP contribution in [0, 0.1) is 0 Å². The maximum atomic E-state index is 11.7. The van der Waals surface area contributed by atoms with Crippen molar-refractivity contribution in [1.29, 1.82) is 0 Å². The minimum atomic E-state index is -1.00. The summed E-state index contributed by atoms with van der Waals surface area (Å²) in [7, 11) is 0. The number of rotatable bonds is 3. The summed E-state index contributed by atoms with van der Waals surface area (Å²) in [6.45, 7) is 2.77. The van der Waals surface area contributed by atoms with Crippen molar-refractivity contribution in [2.45, 2.75) is 13.5 Å². The Morgan fingerprint density at radius 3 is 2.88 bits per heavy atom. The molecule has 5 nitrogen and oxygen atoms in total. The fourth-order valence-corrected chi connectivity index (χ4v) is 1.76. The molecule has 17 heavy (non-hydrogen) atoms. The van der Waals surface area contributed by atoms with Gasteiger partial charge in [-0.25, -0.2) is 4.79 Å². The monoisotopic (exact) mass is 232 g/mol. The number of carboxylic acid groups (broad SMARTS) is 1. The van der Waals surface area contributed by atoms with Gasteiger partial charge >= 0.3 is 5.97 Å². The lowest BCUT2D eigenvalue weighted by molar-refractivity contribution is -0.114. The molecule has 5 heteroatoms. The maximum absolute atomic E-state index is 11.7. The van der Waals surface area contributed by atoms with Crippen molar-refractivity contribution >= 4 is 17.6 Å². The molecule has 0 unspecified atom stereocenters. The summed E-state index contributed by atoms with van der Waals surface area (Å²) in [6, 6.07) is 4.73. The average molecular weight is 232 g/mol. The lowest BCUT2D eigenvalue weighted by Crippen LogP contribution is -2.30. The lowest BCUT2D eigenvalue weighted by atomic mass is 10.0. The van der Waals surface area contributed by atoms with E-state index in [0.717, 1.165) is 5.56 Å². The summed E-state index contributed by atoms with van der Waals surface area (Å²) < 4.78 is 0. The number of carbonyl (C=O) groups excluding carboxylic acids is 1. The van der Waals surface area contributed by atoms with Crippen LogP contribution in [0.4, 0.5) is 0 Å². The number of amides is 1. The molecule has 2 rings (SSSR count). The Kier molecular flexibility index (Phi) is 2.91. The highest BCUT2D eigenvalue weighted by Gasteiger charge is 2.22. The summed E-state index contributed by atoms with van der Waals surface area (Å²) >= 11 is 0. The van der Waals surface area contributed by atoms with Crippen molar-refractivity contribution in [3.63, 3.8) is 0 Å². The Hall–Kier alpha value is -2.17. The zero-order valence-electron chi connectivity index (χ0n) is 9.36. The van der Waals surface area contributed by atoms with Gasteiger partial charge in [-0.15, -0.1) is 0 Å². The normalized spacial score (nSPS) is 12.9. The molecule has 88 valence electrons. The molecule has 0 spiro atoms. The van der Waals surface area contributed by atoms with Crippen molar-refractivity contribution in [2.24, 2.45) is 4.99 Å². The first-order valence-corrected chi connectivity index (χ1v) is 5.32. The molecule has 0 saturated heterocycles. The molecular formula is C12H12N2O3. The predicted octanol–water partition coefficient (Wildman–Crippen LogP) is 0.824. The molecule has 0 radical (unpaired) electrons. The number of fused-ring (bicyclic) bond motifs is 1. The Labute approximate surface area is 98.2 Å². The Balaban J connectivity index is 2.37. The SMILES string of the molecule is CCNC(=O)C1=NCc2ccc(C(=O)O)cc21. The Morgan fingerprint density at radius 1 is 1.47 bits per heavy atom. The van der Waals surface area contributed by atoms with Crippen molar-refractivity contribution in [3.8, 4) is 0 Å². The number of likely N-dealkylation sites (N-methyl/N-ethyl adjacent to an activating group) is 1. The quantitative estimate of drug-likeness (QED) is 0.809. The average Bonchev–Trinajstić information content (AvgIpc) is 2.71. The third-order valence-corrected chi connectivity index (χ3v) is 2.57. The van der Waals surface area contributed by atoms with E-state index in [1.807, 2.05) is 6.92 Å². The van der Waals surface area contributed by atoms with Crippen LogP contribution in [0.2, 0.25) is 0 Å². The molecule has 1 heterocycles. The highest BCUT2D eigenvalue weighted by atomic mass is 16.4. The number of aliphatic imine (C=N–C) groups is 1. The van der Waals surface area contributed by atoms with Crippen LogP contribution >= 0.6 is 0 Å². The number of carbonyl (C=O) groups is 2. The predicted molar refractivity (Wildman–Crippen MR) is 62.3 cm³/mol. The number of carboxylic acids is 1. The first-order chi connectivity index (χ1) is 8.13. The summed E-state index contributed by atoms with van der Waals surface area (Å²) in [5.74, 6) is -1.26. The third-order valence-electron chi connectivity index (χ3n) is 2.57. The molecule has 2 N–H and O–H groups in total. The number of benzene rings is 1. The van der Waals surface area contributed by atoms with E-state index in [2.05, 4.69) is 10.3 Å². The largest absolute Gasteiger partial charge is 0.478 e. The van der Waals surface area contributed by atoms with Crippen LogP contribution in [0.3, 0.4) is 0 Å². The van der Waals surface area contributed by atoms with E-state index in [4.69, 9.17) is 5.11 Å². The van der Waals surface area contributed by atoms with Gasteiger partial charge in [-0.05, 0) is 24.6 Å². The number of nitrogens with one attached hydrogen (secondary N) is 1. The van der Waals surface area contributed by atoms with Crippen molar-refractivity contribution in [3.05, 3.63) is 34.9 Å². The van der Waals surface area contributed by atoms with E-state index in [-0.39, 0.29) is 11.5 Å². The highest BCUT2D eigenvalue weighted by molar-refractivity contribution is 6.46. The molecular weight excluding hydrogens is 220 g/mol. The molecule has 1 aliphatic heterocycles. The molecule has 1 aromatic rings. The number of aromatic carboxylic acids is 1. The number of nitrogens with zero attached hydrogens (tertiary/aromatic N) is 1. The smallest absolute Gasteiger partial charge is 0.335 e. The second-order valence-electron chi connectivity index (χ2n) is 3.70. The molecule has 0 saturated carbocycles. The lowest BCUT2D eigenvalue weighted by Gasteiger charge is -2.04. The van der Waals surface area contributed by atoms with Gasteiger partial charge in [0.25, 0.3) is 5.91 Å². The molecule has 0 aliphatic carbocycles. The molecule has 0 bridgehead atoms. The number of hydrogen-bond acceptors (Lipinski definition) is 3. The Morgan fingerprint density at radius 2 is 2.24 bits per heavy atom. The van der Waals surface area contributed by atoms with Gasteiger partial charge in [0.1, 0.15) is 5.71 Å². The molecule has 0 fully saturated rings. The van der Waals surface area contributed by atoms with Gasteiger partial charge in [-0.2, -0.15) is 0 Å². The van der Waals surface area contributed by atoms with Crippen LogP contribution in [0.5, 0.6) is 0 Å². The third kappa shape index (κ3) is 2.04. The van der Waals surface area contributed by atoms with Gasteiger partial charge in [0.05, 0.1) is 12.1 Å². The van der Waals surface area contributed by atoms with Crippen LogP contribution in [-0.4, -0.2) is 29.2 Å². The van der Waals surface area contributed by atoms with E-state index in [9.17, 15) is 9.59 Å². The second-order valence-corrected chi connectivity index (χ2v) is 3.70. The Bertz CT molecular complexity index is 520. The molecule has 1 aliphatic rings. The second kappa shape index (κ2) is 4.37. The summed E-state index contributed by atoms with van der Waals surface area (Å²) in [6.07, 6.45) is 0. The summed E-state index contributed by atoms with van der Waals surface area (Å²) in [5, 5.41) is 11.6. The van der Waals surface area contributed by atoms with E-state index in [1.54, 1.807) is 6.07 Å². The molecule has 0 atom stereocenters. The van der Waals surface area contributed by atoms with Crippen LogP contribution < -0.4 is 5.32 Å². The van der Waals surface area contributed by atoms with E-state index >= 15 is 0 Å². The van der Waals surface area contributed by atoms with Crippen LogP contribution in [0.15, 0.2) is 23.2 Å². The minimum Gasteiger partial charge on any atom is -0.478 e. The van der Waals surface area contributed by atoms with Gasteiger partial charge in [-0.3, -0.25) is 9.79 Å². The van der Waals surface area contributed by atoms with Crippen molar-refractivity contribution < 1.29 is 14.7 Å². The number of hydrogen-bond donors (Lipinski definition) is 2. The molecule has 1 amide bonds. The van der Waals surface area contributed by atoms with Gasteiger partial charge < -0.3 is 10.4 Å². The first-order valence-electron chi connectivity index (χ1n) is 5.32. The topological polar surface area (TPSA) is 78.8 Å². The van der Waals surface area contributed by atoms with Crippen molar-refractivity contribution in [2.75, 3.05) is 6.54 Å². The zero-order chi connectivity index (χ0) is 12.4. The van der Waals surface area contributed by atoms with Crippen LogP contribution in [0.1, 0.15) is 28.4 Å².